The molecule has 2 N–H and O–H groups in total. The first-order valence-corrected chi connectivity index (χ1v) is 4.92. The molecule has 1 aromatic rings. The summed E-state index contributed by atoms with van der Waals surface area (Å²) in [4.78, 5) is 10.4. The van der Waals surface area contributed by atoms with E-state index in [0.717, 1.165) is 12.1 Å². The number of hydrogen-bond acceptors (Lipinski definition) is 2. The van der Waals surface area contributed by atoms with Gasteiger partial charge in [0.1, 0.15) is 0 Å². The van der Waals surface area contributed by atoms with E-state index >= 15 is 0 Å². The molecule has 0 fully saturated rings. The summed E-state index contributed by atoms with van der Waals surface area (Å²) in [6, 6.07) is 2.52. The Morgan fingerprint density at radius 1 is 1.11 bits per heavy atom. The van der Waals surface area contributed by atoms with Crippen molar-refractivity contribution in [1.82, 2.24) is 0 Å². The number of aliphatic carboxylic acids is 1. The van der Waals surface area contributed by atoms with Crippen molar-refractivity contribution in [3.8, 4) is 0 Å². The topological polar surface area (TPSA) is 57.5 Å². The Morgan fingerprint density at radius 3 is 2.00 bits per heavy atom. The van der Waals surface area contributed by atoms with Gasteiger partial charge in [-0.25, -0.2) is 4.79 Å². The lowest BCUT2D eigenvalue weighted by molar-refractivity contribution is -0.207. The summed E-state index contributed by atoms with van der Waals surface area (Å²) in [6.45, 7) is 0.441. The van der Waals surface area contributed by atoms with E-state index in [0.29, 0.717) is 13.0 Å². The van der Waals surface area contributed by atoms with Crippen molar-refractivity contribution in [2.24, 2.45) is 0 Å². The number of benzene rings is 1. The highest BCUT2D eigenvalue weighted by molar-refractivity contribution is 5.77. The first kappa shape index (κ1) is 15.4. The summed E-state index contributed by atoms with van der Waals surface area (Å²) in [5, 5.41) is 17.9. The standard InChI is InChI=1S/C11H9F5O3/c1-9(19,10(12,13)8(17)18)6-3-2-4-7(5-6)11(14,15)16/h2-5,19H,1H3,(H,17,18). The number of carboxylic acid groups (broad SMARTS) is 1. The normalized spacial score (nSPS) is 15.9. The van der Waals surface area contributed by atoms with Gasteiger partial charge in [0.2, 0.25) is 0 Å². The minimum Gasteiger partial charge on any atom is -0.477 e. The van der Waals surface area contributed by atoms with Crippen LogP contribution in [0.25, 0.3) is 0 Å². The maximum absolute atomic E-state index is 13.3. The van der Waals surface area contributed by atoms with Gasteiger partial charge in [-0.3, -0.25) is 0 Å². The van der Waals surface area contributed by atoms with E-state index < -0.39 is 34.8 Å². The van der Waals surface area contributed by atoms with Gasteiger partial charge >= 0.3 is 18.1 Å². The predicted molar refractivity (Wildman–Crippen MR) is 53.6 cm³/mol. The first-order valence-electron chi connectivity index (χ1n) is 4.92. The van der Waals surface area contributed by atoms with Crippen molar-refractivity contribution in [3.63, 3.8) is 0 Å². The molecule has 1 atom stereocenters. The second-order valence-corrected chi connectivity index (χ2v) is 4.03. The molecule has 1 rings (SSSR count). The zero-order valence-electron chi connectivity index (χ0n) is 9.50. The minimum atomic E-state index is -4.79. The van der Waals surface area contributed by atoms with Gasteiger partial charge in [-0.05, 0) is 24.6 Å². The van der Waals surface area contributed by atoms with E-state index in [1.165, 1.54) is 0 Å². The minimum absolute atomic E-state index is 0.289. The third-order valence-electron chi connectivity index (χ3n) is 2.63. The maximum Gasteiger partial charge on any atom is 0.416 e. The molecule has 0 aliphatic heterocycles. The Bertz CT molecular complexity index is 493. The highest BCUT2D eigenvalue weighted by Crippen LogP contribution is 2.39. The molecule has 106 valence electrons. The van der Waals surface area contributed by atoms with Gasteiger partial charge in [-0.1, -0.05) is 12.1 Å². The lowest BCUT2D eigenvalue weighted by Gasteiger charge is -2.30. The highest BCUT2D eigenvalue weighted by atomic mass is 19.4. The molecule has 3 nitrogen and oxygen atoms in total. The predicted octanol–water partition coefficient (Wildman–Crippen LogP) is 2.63. The molecule has 0 aliphatic carbocycles. The van der Waals surface area contributed by atoms with Crippen LogP contribution >= 0.6 is 0 Å². The number of rotatable bonds is 3. The molecule has 0 radical (unpaired) electrons. The fourth-order valence-electron chi connectivity index (χ4n) is 1.39. The molecular weight excluding hydrogens is 275 g/mol. The van der Waals surface area contributed by atoms with Crippen LogP contribution in [-0.2, 0) is 16.6 Å². The second-order valence-electron chi connectivity index (χ2n) is 4.03. The molecule has 0 aliphatic rings. The Kier molecular flexibility index (Phi) is 3.59. The molecular formula is C11H9F5O3. The van der Waals surface area contributed by atoms with Crippen LogP contribution in [0.1, 0.15) is 18.1 Å². The number of hydrogen-bond donors (Lipinski definition) is 2. The van der Waals surface area contributed by atoms with Gasteiger partial charge in [-0.15, -0.1) is 0 Å². The molecule has 19 heavy (non-hydrogen) atoms. The smallest absolute Gasteiger partial charge is 0.416 e. The van der Waals surface area contributed by atoms with E-state index in [1.807, 2.05) is 0 Å². The summed E-state index contributed by atoms with van der Waals surface area (Å²) in [6.07, 6.45) is -4.79. The Hall–Kier alpha value is -1.70. The van der Waals surface area contributed by atoms with Crippen molar-refractivity contribution in [2.45, 2.75) is 24.6 Å². The molecule has 0 saturated heterocycles. The van der Waals surface area contributed by atoms with E-state index in [2.05, 4.69) is 0 Å². The fourth-order valence-corrected chi connectivity index (χ4v) is 1.39. The monoisotopic (exact) mass is 284 g/mol. The van der Waals surface area contributed by atoms with E-state index in [1.54, 1.807) is 0 Å². The van der Waals surface area contributed by atoms with Gasteiger partial charge in [0.25, 0.3) is 0 Å². The van der Waals surface area contributed by atoms with Crippen molar-refractivity contribution in [2.75, 3.05) is 0 Å². The summed E-state index contributed by atoms with van der Waals surface area (Å²) in [5.74, 6) is -7.26. The number of halogens is 5. The van der Waals surface area contributed by atoms with Crippen molar-refractivity contribution in [3.05, 3.63) is 35.4 Å². The van der Waals surface area contributed by atoms with E-state index in [-0.39, 0.29) is 6.07 Å². The summed E-state index contributed by atoms with van der Waals surface area (Å²) < 4.78 is 63.9. The van der Waals surface area contributed by atoms with Crippen LogP contribution in [0.3, 0.4) is 0 Å². The third kappa shape index (κ3) is 2.67. The van der Waals surface area contributed by atoms with Gasteiger partial charge in [0.05, 0.1) is 5.56 Å². The SMILES string of the molecule is CC(O)(c1cccc(C(F)(F)F)c1)C(F)(F)C(=O)O. The van der Waals surface area contributed by atoms with Gasteiger partial charge in [0, 0.05) is 0 Å². The zero-order chi connectivity index (χ0) is 15.1. The number of alkyl halides is 5. The van der Waals surface area contributed by atoms with Crippen molar-refractivity contribution >= 4 is 5.97 Å². The number of aliphatic hydroxyl groups is 1. The lowest BCUT2D eigenvalue weighted by Crippen LogP contribution is -2.48. The zero-order valence-corrected chi connectivity index (χ0v) is 9.50. The fraction of sp³-hybridized carbons (Fsp3) is 0.364. The molecule has 0 spiro atoms. The molecule has 0 saturated carbocycles. The van der Waals surface area contributed by atoms with Crippen LogP contribution < -0.4 is 0 Å². The Labute approximate surface area is 104 Å². The van der Waals surface area contributed by atoms with Crippen LogP contribution in [0.2, 0.25) is 0 Å². The number of carboxylic acids is 1. The van der Waals surface area contributed by atoms with Gasteiger partial charge in [0.15, 0.2) is 5.60 Å². The average molecular weight is 284 g/mol. The summed E-state index contributed by atoms with van der Waals surface area (Å²) >= 11 is 0. The largest absolute Gasteiger partial charge is 0.477 e. The van der Waals surface area contributed by atoms with Crippen molar-refractivity contribution < 1.29 is 37.0 Å². The quantitative estimate of drug-likeness (QED) is 0.839. The van der Waals surface area contributed by atoms with E-state index in [9.17, 15) is 31.9 Å². The highest BCUT2D eigenvalue weighted by Gasteiger charge is 2.57. The summed E-state index contributed by atoms with van der Waals surface area (Å²) in [7, 11) is 0. The molecule has 0 heterocycles. The second kappa shape index (κ2) is 4.44. The number of carbonyl (C=O) groups is 1. The van der Waals surface area contributed by atoms with Crippen LogP contribution in [0, 0.1) is 0 Å². The van der Waals surface area contributed by atoms with Crippen LogP contribution in [-0.4, -0.2) is 22.1 Å². The molecule has 0 amide bonds. The lowest BCUT2D eigenvalue weighted by atomic mass is 9.88. The summed E-state index contributed by atoms with van der Waals surface area (Å²) in [5.41, 5.74) is -5.36. The molecule has 8 heteroatoms. The average Bonchev–Trinajstić information content (AvgIpc) is 2.27. The van der Waals surface area contributed by atoms with Crippen LogP contribution in [0.15, 0.2) is 24.3 Å². The third-order valence-corrected chi connectivity index (χ3v) is 2.63. The van der Waals surface area contributed by atoms with Crippen LogP contribution in [0.4, 0.5) is 22.0 Å². The molecule has 1 unspecified atom stereocenters. The Morgan fingerprint density at radius 2 is 1.58 bits per heavy atom. The Balaban J connectivity index is 3.34. The maximum atomic E-state index is 13.3. The van der Waals surface area contributed by atoms with Gasteiger partial charge in [-0.2, -0.15) is 22.0 Å². The van der Waals surface area contributed by atoms with E-state index in [4.69, 9.17) is 5.11 Å². The molecule has 0 bridgehead atoms. The van der Waals surface area contributed by atoms with Gasteiger partial charge < -0.3 is 10.2 Å². The molecule has 1 aromatic carbocycles. The molecule has 0 aromatic heterocycles. The first-order chi connectivity index (χ1) is 8.40. The van der Waals surface area contributed by atoms with Crippen molar-refractivity contribution in [1.29, 1.82) is 0 Å². The van der Waals surface area contributed by atoms with Crippen LogP contribution in [0.5, 0.6) is 0 Å².